The minimum Gasteiger partial charge on any atom is -0.342 e. The zero-order valence-electron chi connectivity index (χ0n) is 18.2. The van der Waals surface area contributed by atoms with Crippen LogP contribution in [-0.2, 0) is 11.8 Å². The number of carbonyl (C=O) groups is 2. The molecule has 3 rings (SSSR count). The first-order chi connectivity index (χ1) is 15.3. The molecule has 0 saturated heterocycles. The number of hydrogen-bond donors (Lipinski definition) is 2. The highest BCUT2D eigenvalue weighted by Gasteiger charge is 2.24. The van der Waals surface area contributed by atoms with Crippen LogP contribution >= 0.6 is 23.4 Å². The molecule has 0 saturated carbocycles. The predicted octanol–water partition coefficient (Wildman–Crippen LogP) is 4.72. The van der Waals surface area contributed by atoms with Crippen LogP contribution < -0.4 is 10.6 Å². The summed E-state index contributed by atoms with van der Waals surface area (Å²) in [5, 5.41) is 15.4. The number of nitrogens with zero attached hydrogens (tertiary/aromatic N) is 3. The van der Waals surface area contributed by atoms with Crippen molar-refractivity contribution in [2.24, 2.45) is 13.0 Å². The molecule has 0 bridgehead atoms. The quantitative estimate of drug-likeness (QED) is 0.441. The summed E-state index contributed by atoms with van der Waals surface area (Å²) in [5.41, 5.74) is 1.16. The van der Waals surface area contributed by atoms with Gasteiger partial charge in [-0.05, 0) is 36.6 Å². The number of anilines is 1. The van der Waals surface area contributed by atoms with Crippen LogP contribution in [0, 0.1) is 5.92 Å². The van der Waals surface area contributed by atoms with Gasteiger partial charge in [-0.15, -0.1) is 10.2 Å². The fourth-order valence-electron chi connectivity index (χ4n) is 3.19. The summed E-state index contributed by atoms with van der Waals surface area (Å²) in [6, 6.07) is 15.9. The lowest BCUT2D eigenvalue weighted by molar-refractivity contribution is -0.113. The number of rotatable bonds is 9. The van der Waals surface area contributed by atoms with Gasteiger partial charge >= 0.3 is 0 Å². The molecule has 2 N–H and O–H groups in total. The van der Waals surface area contributed by atoms with Gasteiger partial charge in [-0.3, -0.25) is 9.59 Å². The minimum atomic E-state index is -0.344. The van der Waals surface area contributed by atoms with Gasteiger partial charge in [-0.1, -0.05) is 67.5 Å². The van der Waals surface area contributed by atoms with E-state index < -0.39 is 0 Å². The Labute approximate surface area is 197 Å². The van der Waals surface area contributed by atoms with Crippen LogP contribution in [0.15, 0.2) is 59.8 Å². The zero-order chi connectivity index (χ0) is 23.1. The Bertz CT molecular complexity index is 1070. The molecule has 0 fully saturated rings. The van der Waals surface area contributed by atoms with Gasteiger partial charge in [0.1, 0.15) is 0 Å². The maximum absolute atomic E-state index is 12.8. The first-order valence-corrected chi connectivity index (χ1v) is 11.6. The highest BCUT2D eigenvalue weighted by atomic mass is 35.5. The second-order valence-corrected chi connectivity index (χ2v) is 9.09. The van der Waals surface area contributed by atoms with Gasteiger partial charge in [-0.2, -0.15) is 0 Å². The Kier molecular flexibility index (Phi) is 8.30. The molecule has 7 nitrogen and oxygen atoms in total. The number of aromatic nitrogens is 3. The number of halogens is 1. The molecule has 2 amide bonds. The molecule has 0 radical (unpaired) electrons. The lowest BCUT2D eigenvalue weighted by atomic mass is 10.0. The fraction of sp³-hybridized carbons (Fsp3) is 0.304. The van der Waals surface area contributed by atoms with Crippen molar-refractivity contribution in [3.8, 4) is 0 Å². The summed E-state index contributed by atoms with van der Waals surface area (Å²) in [5.74, 6) is 0.750. The third-order valence-electron chi connectivity index (χ3n) is 4.70. The van der Waals surface area contributed by atoms with Crippen molar-refractivity contribution in [3.63, 3.8) is 0 Å². The summed E-state index contributed by atoms with van der Waals surface area (Å²) in [6.45, 7) is 4.16. The molecule has 9 heteroatoms. The molecule has 1 atom stereocenters. The third kappa shape index (κ3) is 6.34. The average molecular weight is 472 g/mol. The fourth-order valence-corrected chi connectivity index (χ4v) is 4.13. The van der Waals surface area contributed by atoms with Crippen LogP contribution in [0.3, 0.4) is 0 Å². The molecular weight excluding hydrogens is 446 g/mol. The van der Waals surface area contributed by atoms with Crippen LogP contribution in [0.1, 0.15) is 42.5 Å². The van der Waals surface area contributed by atoms with Crippen LogP contribution in [0.5, 0.6) is 0 Å². The molecule has 1 aromatic heterocycles. The van der Waals surface area contributed by atoms with Gasteiger partial charge in [0, 0.05) is 12.7 Å². The van der Waals surface area contributed by atoms with Gasteiger partial charge in [0.25, 0.3) is 5.91 Å². The molecular formula is C23H26ClN5O2S. The first-order valence-electron chi connectivity index (χ1n) is 10.3. The lowest BCUT2D eigenvalue weighted by Gasteiger charge is -2.20. The normalized spacial score (nSPS) is 11.9. The van der Waals surface area contributed by atoms with Gasteiger partial charge in [-0.25, -0.2) is 0 Å². The SMILES string of the molecule is CC(C)C[C@H](NC(=O)c1ccccc1Cl)c1nnc(SCC(=O)Nc2ccccc2)n1C. The van der Waals surface area contributed by atoms with E-state index in [9.17, 15) is 9.59 Å². The van der Waals surface area contributed by atoms with Crippen molar-refractivity contribution in [2.45, 2.75) is 31.5 Å². The highest BCUT2D eigenvalue weighted by Crippen LogP contribution is 2.25. The zero-order valence-corrected chi connectivity index (χ0v) is 19.8. The topological polar surface area (TPSA) is 88.9 Å². The van der Waals surface area contributed by atoms with Crippen LogP contribution in [0.4, 0.5) is 5.69 Å². The summed E-state index contributed by atoms with van der Waals surface area (Å²) < 4.78 is 1.82. The average Bonchev–Trinajstić information content (AvgIpc) is 3.12. The molecule has 2 aromatic carbocycles. The van der Waals surface area contributed by atoms with Gasteiger partial charge in [0.05, 0.1) is 22.4 Å². The summed E-state index contributed by atoms with van der Waals surface area (Å²) >= 11 is 7.48. The van der Waals surface area contributed by atoms with Crippen LogP contribution in [0.2, 0.25) is 5.02 Å². The van der Waals surface area contributed by atoms with E-state index in [1.165, 1.54) is 11.8 Å². The van der Waals surface area contributed by atoms with E-state index in [0.29, 0.717) is 33.9 Å². The van der Waals surface area contributed by atoms with E-state index >= 15 is 0 Å². The number of amides is 2. The van der Waals surface area contributed by atoms with E-state index in [-0.39, 0.29) is 23.6 Å². The molecule has 3 aromatic rings. The standard InChI is InChI=1S/C23H26ClN5O2S/c1-15(2)13-19(26-22(31)17-11-7-8-12-18(17)24)21-27-28-23(29(21)3)32-14-20(30)25-16-9-5-4-6-10-16/h4-12,15,19H,13-14H2,1-3H3,(H,25,30)(H,26,31)/t19-/m0/s1. The molecule has 0 aliphatic rings. The van der Waals surface area contributed by atoms with Gasteiger partial charge < -0.3 is 15.2 Å². The maximum atomic E-state index is 12.8. The van der Waals surface area contributed by atoms with Crippen molar-refractivity contribution in [1.82, 2.24) is 20.1 Å². The second kappa shape index (κ2) is 11.2. The number of carbonyl (C=O) groups excluding carboxylic acids is 2. The number of hydrogen-bond acceptors (Lipinski definition) is 5. The van der Waals surface area contributed by atoms with Crippen molar-refractivity contribution in [3.05, 3.63) is 71.0 Å². The molecule has 0 spiro atoms. The summed E-state index contributed by atoms with van der Waals surface area (Å²) in [6.07, 6.45) is 0.682. The van der Waals surface area contributed by atoms with Crippen molar-refractivity contribution >= 4 is 40.9 Å². The maximum Gasteiger partial charge on any atom is 0.253 e. The van der Waals surface area contributed by atoms with Crippen molar-refractivity contribution < 1.29 is 9.59 Å². The monoisotopic (exact) mass is 471 g/mol. The number of para-hydroxylation sites is 1. The van der Waals surface area contributed by atoms with Crippen molar-refractivity contribution in [1.29, 1.82) is 0 Å². The Morgan fingerprint density at radius 3 is 2.44 bits per heavy atom. The Hall–Kier alpha value is -2.84. The smallest absolute Gasteiger partial charge is 0.253 e. The molecule has 0 aliphatic heterocycles. The molecule has 32 heavy (non-hydrogen) atoms. The van der Waals surface area contributed by atoms with E-state index in [2.05, 4.69) is 34.7 Å². The minimum absolute atomic E-state index is 0.128. The van der Waals surface area contributed by atoms with Crippen molar-refractivity contribution in [2.75, 3.05) is 11.1 Å². The Balaban J connectivity index is 1.69. The number of nitrogens with one attached hydrogen (secondary N) is 2. The highest BCUT2D eigenvalue weighted by molar-refractivity contribution is 7.99. The van der Waals surface area contributed by atoms with Crippen LogP contribution in [-0.4, -0.2) is 32.3 Å². The van der Waals surface area contributed by atoms with E-state index in [1.54, 1.807) is 24.3 Å². The van der Waals surface area contributed by atoms with Gasteiger partial charge in [0.15, 0.2) is 11.0 Å². The Morgan fingerprint density at radius 1 is 1.06 bits per heavy atom. The van der Waals surface area contributed by atoms with E-state index in [0.717, 1.165) is 5.69 Å². The Morgan fingerprint density at radius 2 is 1.75 bits per heavy atom. The number of thioether (sulfide) groups is 1. The number of benzene rings is 2. The largest absolute Gasteiger partial charge is 0.342 e. The molecule has 0 unspecified atom stereocenters. The predicted molar refractivity (Wildman–Crippen MR) is 128 cm³/mol. The van der Waals surface area contributed by atoms with Gasteiger partial charge in [0.2, 0.25) is 5.91 Å². The molecule has 168 valence electrons. The first kappa shape index (κ1) is 23.8. The molecule has 0 aliphatic carbocycles. The second-order valence-electron chi connectivity index (χ2n) is 7.74. The van der Waals surface area contributed by atoms with E-state index in [1.807, 2.05) is 41.9 Å². The molecule has 1 heterocycles. The summed E-state index contributed by atoms with van der Waals surface area (Å²) in [4.78, 5) is 25.1. The summed E-state index contributed by atoms with van der Waals surface area (Å²) in [7, 11) is 1.84. The lowest BCUT2D eigenvalue weighted by Crippen LogP contribution is -2.31. The van der Waals surface area contributed by atoms with Crippen LogP contribution in [0.25, 0.3) is 0 Å². The third-order valence-corrected chi connectivity index (χ3v) is 6.05. The van der Waals surface area contributed by atoms with E-state index in [4.69, 9.17) is 11.6 Å².